The summed E-state index contributed by atoms with van der Waals surface area (Å²) >= 11 is 0. The molecule has 3 aromatic carbocycles. The van der Waals surface area contributed by atoms with Crippen molar-refractivity contribution in [3.05, 3.63) is 90.0 Å². The van der Waals surface area contributed by atoms with Crippen LogP contribution in [-0.4, -0.2) is 19.9 Å². The molecule has 0 N–H and O–H groups in total. The number of benzene rings is 3. The number of nitrogens with zero attached hydrogens (tertiary/aromatic N) is 1. The maximum atomic E-state index is 12.4. The molecule has 24 heavy (non-hydrogen) atoms. The zero-order valence-electron chi connectivity index (χ0n) is 13.8. The number of ether oxygens (including phenoxy) is 1. The molecule has 3 heteroatoms. The van der Waals surface area contributed by atoms with Crippen LogP contribution in [0.1, 0.15) is 15.9 Å². The number of rotatable bonds is 5. The van der Waals surface area contributed by atoms with Gasteiger partial charge in [0, 0.05) is 30.9 Å². The van der Waals surface area contributed by atoms with Crippen LogP contribution in [-0.2, 0) is 0 Å². The molecular weight excluding hydrogens is 298 g/mol. The van der Waals surface area contributed by atoms with Crippen molar-refractivity contribution in [2.75, 3.05) is 19.0 Å². The van der Waals surface area contributed by atoms with Crippen LogP contribution in [0.3, 0.4) is 0 Å². The lowest BCUT2D eigenvalue weighted by molar-refractivity contribution is 0.103. The Hall–Kier alpha value is -3.07. The van der Waals surface area contributed by atoms with Gasteiger partial charge in [-0.05, 0) is 48.5 Å². The zero-order chi connectivity index (χ0) is 16.9. The van der Waals surface area contributed by atoms with E-state index in [0.29, 0.717) is 16.9 Å². The molecule has 0 saturated heterocycles. The second-order valence-corrected chi connectivity index (χ2v) is 5.71. The first kappa shape index (κ1) is 15.8. The van der Waals surface area contributed by atoms with E-state index in [1.165, 1.54) is 0 Å². The Balaban J connectivity index is 1.71. The average molecular weight is 317 g/mol. The van der Waals surface area contributed by atoms with Crippen LogP contribution >= 0.6 is 0 Å². The van der Waals surface area contributed by atoms with Crippen LogP contribution in [0, 0.1) is 0 Å². The van der Waals surface area contributed by atoms with E-state index >= 15 is 0 Å². The summed E-state index contributed by atoms with van der Waals surface area (Å²) < 4.78 is 5.82. The van der Waals surface area contributed by atoms with Gasteiger partial charge in [-0.25, -0.2) is 0 Å². The Bertz CT molecular complexity index is 807. The normalized spacial score (nSPS) is 10.2. The lowest BCUT2D eigenvalue weighted by Crippen LogP contribution is -2.07. The first-order valence-corrected chi connectivity index (χ1v) is 7.78. The molecule has 3 rings (SSSR count). The number of anilines is 1. The van der Waals surface area contributed by atoms with Crippen molar-refractivity contribution in [3.8, 4) is 11.5 Å². The first-order chi connectivity index (χ1) is 11.6. The molecule has 0 saturated carbocycles. The van der Waals surface area contributed by atoms with Gasteiger partial charge in [0.2, 0.25) is 0 Å². The molecule has 0 atom stereocenters. The van der Waals surface area contributed by atoms with Gasteiger partial charge >= 0.3 is 0 Å². The van der Waals surface area contributed by atoms with Gasteiger partial charge in [0.1, 0.15) is 11.5 Å². The van der Waals surface area contributed by atoms with Crippen molar-refractivity contribution >= 4 is 11.5 Å². The SMILES string of the molecule is CN(C)c1ccc(Oc2ccc(C(=O)c3ccccc3)cc2)cc1. The monoisotopic (exact) mass is 317 g/mol. The van der Waals surface area contributed by atoms with Gasteiger partial charge in [0.15, 0.2) is 5.78 Å². The second kappa shape index (κ2) is 7.01. The molecule has 0 amide bonds. The summed E-state index contributed by atoms with van der Waals surface area (Å²) in [5.74, 6) is 1.48. The maximum Gasteiger partial charge on any atom is 0.193 e. The van der Waals surface area contributed by atoms with Crippen LogP contribution in [0.15, 0.2) is 78.9 Å². The van der Waals surface area contributed by atoms with Gasteiger partial charge in [0.25, 0.3) is 0 Å². The highest BCUT2D eigenvalue weighted by Crippen LogP contribution is 2.24. The summed E-state index contributed by atoms with van der Waals surface area (Å²) in [6, 6.07) is 24.3. The fourth-order valence-electron chi connectivity index (χ4n) is 2.38. The minimum absolute atomic E-state index is 0.0116. The van der Waals surface area contributed by atoms with Crippen molar-refractivity contribution in [2.45, 2.75) is 0 Å². The third-order valence-electron chi connectivity index (χ3n) is 3.74. The molecular formula is C21H19NO2. The molecule has 120 valence electrons. The standard InChI is InChI=1S/C21H19NO2/c1-22(2)18-10-14-20(15-11-18)24-19-12-8-17(9-13-19)21(23)16-6-4-3-5-7-16/h3-15H,1-2H3. The first-order valence-electron chi connectivity index (χ1n) is 7.78. The molecule has 0 radical (unpaired) electrons. The van der Waals surface area contributed by atoms with Gasteiger partial charge < -0.3 is 9.64 Å². The van der Waals surface area contributed by atoms with Crippen LogP contribution in [0.5, 0.6) is 11.5 Å². The van der Waals surface area contributed by atoms with E-state index < -0.39 is 0 Å². The van der Waals surface area contributed by atoms with E-state index in [1.54, 1.807) is 12.1 Å². The highest BCUT2D eigenvalue weighted by atomic mass is 16.5. The van der Waals surface area contributed by atoms with Crippen molar-refractivity contribution in [1.29, 1.82) is 0 Å². The number of hydrogen-bond donors (Lipinski definition) is 0. The van der Waals surface area contributed by atoms with Gasteiger partial charge in [0.05, 0.1) is 0 Å². The Morgan fingerprint density at radius 2 is 1.21 bits per heavy atom. The summed E-state index contributed by atoms with van der Waals surface area (Å²) in [7, 11) is 4.00. The van der Waals surface area contributed by atoms with E-state index in [1.807, 2.05) is 85.7 Å². The summed E-state index contributed by atoms with van der Waals surface area (Å²) in [6.07, 6.45) is 0. The Kier molecular flexibility index (Phi) is 4.62. The largest absolute Gasteiger partial charge is 0.457 e. The lowest BCUT2D eigenvalue weighted by atomic mass is 10.0. The van der Waals surface area contributed by atoms with Crippen molar-refractivity contribution in [2.24, 2.45) is 0 Å². The zero-order valence-corrected chi connectivity index (χ0v) is 13.8. The predicted octanol–water partition coefficient (Wildman–Crippen LogP) is 4.78. The Morgan fingerprint density at radius 3 is 1.75 bits per heavy atom. The molecule has 3 aromatic rings. The summed E-state index contributed by atoms with van der Waals surface area (Å²) in [5.41, 5.74) is 2.45. The van der Waals surface area contributed by atoms with Crippen LogP contribution < -0.4 is 9.64 Å². The highest BCUT2D eigenvalue weighted by molar-refractivity contribution is 6.08. The predicted molar refractivity (Wildman–Crippen MR) is 97.2 cm³/mol. The van der Waals surface area contributed by atoms with Gasteiger partial charge in [-0.2, -0.15) is 0 Å². The number of hydrogen-bond acceptors (Lipinski definition) is 3. The quantitative estimate of drug-likeness (QED) is 0.634. The molecule has 0 fully saturated rings. The summed E-state index contributed by atoms with van der Waals surface area (Å²) in [5, 5.41) is 0. The molecule has 0 aliphatic rings. The van der Waals surface area contributed by atoms with Gasteiger partial charge in [-0.15, -0.1) is 0 Å². The lowest BCUT2D eigenvalue weighted by Gasteiger charge is -2.13. The summed E-state index contributed by atoms with van der Waals surface area (Å²) in [4.78, 5) is 14.4. The molecule has 0 spiro atoms. The van der Waals surface area contributed by atoms with Crippen molar-refractivity contribution < 1.29 is 9.53 Å². The molecule has 0 unspecified atom stereocenters. The van der Waals surface area contributed by atoms with Crippen LogP contribution in [0.4, 0.5) is 5.69 Å². The highest BCUT2D eigenvalue weighted by Gasteiger charge is 2.08. The van der Waals surface area contributed by atoms with E-state index in [9.17, 15) is 4.79 Å². The van der Waals surface area contributed by atoms with E-state index in [4.69, 9.17) is 4.74 Å². The van der Waals surface area contributed by atoms with Crippen molar-refractivity contribution in [3.63, 3.8) is 0 Å². The molecule has 0 aliphatic heterocycles. The Morgan fingerprint density at radius 1 is 0.708 bits per heavy atom. The second-order valence-electron chi connectivity index (χ2n) is 5.71. The van der Waals surface area contributed by atoms with E-state index in [-0.39, 0.29) is 5.78 Å². The van der Waals surface area contributed by atoms with Gasteiger partial charge in [-0.1, -0.05) is 30.3 Å². The molecule has 0 aromatic heterocycles. The topological polar surface area (TPSA) is 29.5 Å². The Labute approximate surface area is 142 Å². The van der Waals surface area contributed by atoms with Crippen LogP contribution in [0.25, 0.3) is 0 Å². The van der Waals surface area contributed by atoms with Crippen LogP contribution in [0.2, 0.25) is 0 Å². The third-order valence-corrected chi connectivity index (χ3v) is 3.74. The average Bonchev–Trinajstić information content (AvgIpc) is 2.63. The van der Waals surface area contributed by atoms with E-state index in [0.717, 1.165) is 11.4 Å². The third kappa shape index (κ3) is 3.63. The molecule has 0 aliphatic carbocycles. The van der Waals surface area contributed by atoms with E-state index in [2.05, 4.69) is 0 Å². The fourth-order valence-corrected chi connectivity index (χ4v) is 2.38. The number of carbonyl (C=O) groups is 1. The molecule has 0 bridgehead atoms. The van der Waals surface area contributed by atoms with Gasteiger partial charge in [-0.3, -0.25) is 4.79 Å². The number of ketones is 1. The minimum atomic E-state index is 0.0116. The smallest absolute Gasteiger partial charge is 0.193 e. The molecule has 0 heterocycles. The van der Waals surface area contributed by atoms with Crippen molar-refractivity contribution in [1.82, 2.24) is 0 Å². The minimum Gasteiger partial charge on any atom is -0.457 e. The summed E-state index contributed by atoms with van der Waals surface area (Å²) in [6.45, 7) is 0. The maximum absolute atomic E-state index is 12.4. The fraction of sp³-hybridized carbons (Fsp3) is 0.0952. The molecule has 3 nitrogen and oxygen atoms in total. The number of carbonyl (C=O) groups excluding carboxylic acids is 1.